The number of halogens is 1. The zero-order chi connectivity index (χ0) is 22.9. The molecule has 1 aromatic carbocycles. The number of anilines is 1. The SMILES string of the molecule is CC(=O)OC[C@@H](OC(C)=O)[C@H]1O[C@H]2[C@H](NC(=O)N2c2c(C)cccc2Cl)[C@H]1OC(C)=O. The van der Waals surface area contributed by atoms with Gasteiger partial charge in [-0.05, 0) is 18.6 Å². The topological polar surface area (TPSA) is 120 Å². The summed E-state index contributed by atoms with van der Waals surface area (Å²) in [6.45, 7) is 5.10. The van der Waals surface area contributed by atoms with Crippen LogP contribution in [0.1, 0.15) is 26.3 Å². The average Bonchev–Trinajstić information content (AvgIpc) is 3.14. The smallest absolute Gasteiger partial charge is 0.324 e. The van der Waals surface area contributed by atoms with Crippen molar-refractivity contribution in [2.24, 2.45) is 0 Å². The standard InChI is InChI=1S/C20H23ClN2O8/c1-9-6-5-7-13(21)16(9)23-19-15(22-20(23)27)18(30-12(4)26)17(31-19)14(29-11(3)25)8-28-10(2)24/h5-7,14-15,17-19H,8H2,1-4H3,(H,22,27)/t14-,15-,17-,18-,19+/m1/s1. The molecule has 0 bridgehead atoms. The van der Waals surface area contributed by atoms with E-state index in [2.05, 4.69) is 5.32 Å². The fraction of sp³-hybridized carbons (Fsp3) is 0.500. The molecule has 11 heteroatoms. The van der Waals surface area contributed by atoms with Crippen molar-refractivity contribution in [1.82, 2.24) is 5.32 Å². The molecule has 1 aromatic rings. The Balaban J connectivity index is 1.97. The second kappa shape index (κ2) is 9.11. The molecule has 10 nitrogen and oxygen atoms in total. The predicted molar refractivity (Wildman–Crippen MR) is 107 cm³/mol. The van der Waals surface area contributed by atoms with Crippen LogP contribution in [0.2, 0.25) is 5.02 Å². The van der Waals surface area contributed by atoms with Gasteiger partial charge in [0, 0.05) is 20.8 Å². The maximum Gasteiger partial charge on any atom is 0.324 e. The third-order valence-electron chi connectivity index (χ3n) is 4.91. The summed E-state index contributed by atoms with van der Waals surface area (Å²) < 4.78 is 21.8. The molecule has 0 saturated carbocycles. The van der Waals surface area contributed by atoms with Gasteiger partial charge in [0.15, 0.2) is 18.4 Å². The largest absolute Gasteiger partial charge is 0.462 e. The number of ether oxygens (including phenoxy) is 4. The Kier molecular flexibility index (Phi) is 6.71. The number of fused-ring (bicyclic) bond motifs is 1. The van der Waals surface area contributed by atoms with E-state index in [0.29, 0.717) is 10.7 Å². The summed E-state index contributed by atoms with van der Waals surface area (Å²) >= 11 is 6.35. The van der Waals surface area contributed by atoms with Gasteiger partial charge in [-0.15, -0.1) is 0 Å². The number of para-hydroxylation sites is 1. The van der Waals surface area contributed by atoms with E-state index >= 15 is 0 Å². The first-order chi connectivity index (χ1) is 14.6. The molecule has 1 N–H and O–H groups in total. The third-order valence-corrected chi connectivity index (χ3v) is 5.22. The molecule has 2 heterocycles. The van der Waals surface area contributed by atoms with Crippen LogP contribution in [-0.4, -0.2) is 61.1 Å². The Morgan fingerprint density at radius 1 is 1.19 bits per heavy atom. The van der Waals surface area contributed by atoms with Gasteiger partial charge in [0.25, 0.3) is 0 Å². The van der Waals surface area contributed by atoms with Gasteiger partial charge in [-0.3, -0.25) is 19.3 Å². The van der Waals surface area contributed by atoms with E-state index in [0.717, 1.165) is 5.56 Å². The molecule has 0 spiro atoms. The first-order valence-electron chi connectivity index (χ1n) is 9.58. The minimum atomic E-state index is -1.07. The quantitative estimate of drug-likeness (QED) is 0.509. The van der Waals surface area contributed by atoms with Crippen LogP contribution in [0.5, 0.6) is 0 Å². The molecule has 0 aliphatic carbocycles. The second-order valence-corrected chi connectivity index (χ2v) is 7.67. The minimum absolute atomic E-state index is 0.310. The van der Waals surface area contributed by atoms with Crippen LogP contribution in [0.4, 0.5) is 10.5 Å². The van der Waals surface area contributed by atoms with Crippen molar-refractivity contribution < 1.29 is 38.1 Å². The van der Waals surface area contributed by atoms with Crippen LogP contribution in [0.25, 0.3) is 0 Å². The van der Waals surface area contributed by atoms with Gasteiger partial charge in [0.2, 0.25) is 0 Å². The van der Waals surface area contributed by atoms with Gasteiger partial charge in [-0.25, -0.2) is 4.79 Å². The highest BCUT2D eigenvalue weighted by molar-refractivity contribution is 6.34. The van der Waals surface area contributed by atoms with Crippen molar-refractivity contribution in [3.8, 4) is 0 Å². The first kappa shape index (κ1) is 22.8. The molecular weight excluding hydrogens is 432 g/mol. The summed E-state index contributed by atoms with van der Waals surface area (Å²) in [5.74, 6) is -1.84. The van der Waals surface area contributed by atoms with Crippen molar-refractivity contribution in [2.75, 3.05) is 11.5 Å². The highest BCUT2D eigenvalue weighted by atomic mass is 35.5. The number of esters is 3. The number of nitrogens with zero attached hydrogens (tertiary/aromatic N) is 1. The summed E-state index contributed by atoms with van der Waals surface area (Å²) in [5.41, 5.74) is 1.18. The number of carbonyl (C=O) groups excluding carboxylic acids is 4. The number of hydrogen-bond acceptors (Lipinski definition) is 8. The zero-order valence-corrected chi connectivity index (χ0v) is 18.2. The van der Waals surface area contributed by atoms with E-state index in [-0.39, 0.29) is 6.61 Å². The fourth-order valence-corrected chi connectivity index (χ4v) is 4.10. The molecule has 0 unspecified atom stereocenters. The Labute approximate surface area is 183 Å². The van der Waals surface area contributed by atoms with E-state index in [4.69, 9.17) is 30.5 Å². The lowest BCUT2D eigenvalue weighted by molar-refractivity contribution is -0.174. The van der Waals surface area contributed by atoms with Crippen LogP contribution in [0.15, 0.2) is 18.2 Å². The van der Waals surface area contributed by atoms with Crippen LogP contribution < -0.4 is 10.2 Å². The minimum Gasteiger partial charge on any atom is -0.462 e. The normalized spacial score (nSPS) is 25.5. The van der Waals surface area contributed by atoms with Crippen LogP contribution >= 0.6 is 11.6 Å². The van der Waals surface area contributed by atoms with E-state index in [1.807, 2.05) is 0 Å². The lowest BCUT2D eigenvalue weighted by Crippen LogP contribution is -2.49. The molecule has 3 rings (SSSR count). The van der Waals surface area contributed by atoms with Crippen LogP contribution in [0, 0.1) is 6.92 Å². The predicted octanol–water partition coefficient (Wildman–Crippen LogP) is 1.70. The monoisotopic (exact) mass is 454 g/mol. The van der Waals surface area contributed by atoms with E-state index < -0.39 is 54.5 Å². The average molecular weight is 455 g/mol. The number of hydrogen-bond donors (Lipinski definition) is 1. The van der Waals surface area contributed by atoms with Crippen molar-refractivity contribution in [3.05, 3.63) is 28.8 Å². The van der Waals surface area contributed by atoms with Crippen LogP contribution in [-0.2, 0) is 33.3 Å². The fourth-order valence-electron chi connectivity index (χ4n) is 3.79. The highest BCUT2D eigenvalue weighted by Gasteiger charge is 2.59. The molecule has 2 aliphatic heterocycles. The number of benzene rings is 1. The summed E-state index contributed by atoms with van der Waals surface area (Å²) in [4.78, 5) is 48.8. The number of urea groups is 1. The number of carbonyl (C=O) groups is 4. The third kappa shape index (κ3) is 4.75. The maximum atomic E-state index is 12.8. The molecule has 2 amide bonds. The van der Waals surface area contributed by atoms with Crippen LogP contribution in [0.3, 0.4) is 0 Å². The molecule has 2 saturated heterocycles. The summed E-state index contributed by atoms with van der Waals surface area (Å²) in [5, 5.41) is 3.09. The van der Waals surface area contributed by atoms with Gasteiger partial charge in [0.1, 0.15) is 18.8 Å². The summed E-state index contributed by atoms with van der Waals surface area (Å²) in [7, 11) is 0. The van der Waals surface area contributed by atoms with Gasteiger partial charge < -0.3 is 24.3 Å². The lowest BCUT2D eigenvalue weighted by atomic mass is 10.0. The van der Waals surface area contributed by atoms with E-state index in [9.17, 15) is 19.2 Å². The number of rotatable bonds is 6. The summed E-state index contributed by atoms with van der Waals surface area (Å²) in [6.07, 6.45) is -3.98. The zero-order valence-electron chi connectivity index (χ0n) is 17.4. The van der Waals surface area contributed by atoms with Gasteiger partial charge in [0.05, 0.1) is 10.7 Å². The molecule has 168 valence electrons. The Bertz CT molecular complexity index is 887. The molecule has 2 aliphatic rings. The Hall–Kier alpha value is -2.85. The van der Waals surface area contributed by atoms with E-state index in [1.54, 1.807) is 25.1 Å². The van der Waals surface area contributed by atoms with Gasteiger partial charge in [-0.1, -0.05) is 23.7 Å². The second-order valence-electron chi connectivity index (χ2n) is 7.27. The number of amides is 2. The highest BCUT2D eigenvalue weighted by Crippen LogP contribution is 2.40. The summed E-state index contributed by atoms with van der Waals surface area (Å²) in [6, 6.07) is 3.93. The first-order valence-corrected chi connectivity index (χ1v) is 9.96. The molecular formula is C20H23ClN2O8. The van der Waals surface area contributed by atoms with E-state index in [1.165, 1.54) is 25.7 Å². The van der Waals surface area contributed by atoms with Crippen molar-refractivity contribution >= 4 is 41.2 Å². The van der Waals surface area contributed by atoms with Gasteiger partial charge in [-0.2, -0.15) is 0 Å². The molecule has 0 radical (unpaired) electrons. The lowest BCUT2D eigenvalue weighted by Gasteiger charge is -2.29. The number of aryl methyl sites for hydroxylation is 1. The Morgan fingerprint density at radius 2 is 1.90 bits per heavy atom. The molecule has 31 heavy (non-hydrogen) atoms. The van der Waals surface area contributed by atoms with Gasteiger partial charge >= 0.3 is 23.9 Å². The van der Waals surface area contributed by atoms with Crippen molar-refractivity contribution in [2.45, 2.75) is 58.3 Å². The molecule has 0 aromatic heterocycles. The number of nitrogens with one attached hydrogen (secondary N) is 1. The molecule has 5 atom stereocenters. The molecule has 2 fully saturated rings. The van der Waals surface area contributed by atoms with Crippen molar-refractivity contribution in [1.29, 1.82) is 0 Å². The maximum absolute atomic E-state index is 12.8. The van der Waals surface area contributed by atoms with Crippen molar-refractivity contribution in [3.63, 3.8) is 0 Å². The Morgan fingerprint density at radius 3 is 2.48 bits per heavy atom.